The first-order valence-corrected chi connectivity index (χ1v) is 14.6. The second-order valence-corrected chi connectivity index (χ2v) is 11.3. The quantitative estimate of drug-likeness (QED) is 0.341. The molecule has 10 heteroatoms. The average Bonchev–Trinajstić information content (AvgIpc) is 3.61. The topological polar surface area (TPSA) is 76.5 Å². The molecule has 1 atom stereocenters. The summed E-state index contributed by atoms with van der Waals surface area (Å²) in [6, 6.07) is 11.4. The van der Waals surface area contributed by atoms with E-state index in [-0.39, 0.29) is 23.9 Å². The van der Waals surface area contributed by atoms with Crippen LogP contribution in [0.4, 0.5) is 18.9 Å². The Morgan fingerprint density at radius 1 is 1.02 bits per heavy atom. The number of benzene rings is 2. The molecule has 0 unspecified atom stereocenters. The van der Waals surface area contributed by atoms with Crippen LogP contribution < -0.4 is 15.0 Å². The van der Waals surface area contributed by atoms with Gasteiger partial charge in [-0.25, -0.2) is 0 Å². The van der Waals surface area contributed by atoms with Gasteiger partial charge in [0.2, 0.25) is 11.8 Å². The molecule has 0 saturated heterocycles. The lowest BCUT2D eigenvalue weighted by molar-refractivity contribution is -0.142. The minimum atomic E-state index is -4.61. The molecule has 224 valence electrons. The van der Waals surface area contributed by atoms with Crippen LogP contribution in [-0.4, -0.2) is 34.7 Å². The van der Waals surface area contributed by atoms with Gasteiger partial charge >= 0.3 is 6.18 Å². The maximum atomic E-state index is 14.3. The number of nitrogens with one attached hydrogen (secondary N) is 1. The molecule has 0 bridgehead atoms. The maximum Gasteiger partial charge on any atom is 0.435 e. The summed E-state index contributed by atoms with van der Waals surface area (Å²) < 4.78 is 48.2. The lowest BCUT2D eigenvalue weighted by Gasteiger charge is -2.33. The minimum absolute atomic E-state index is 0.00225. The van der Waals surface area contributed by atoms with Crippen molar-refractivity contribution in [3.05, 3.63) is 76.1 Å². The Kier molecular flexibility index (Phi) is 8.61. The summed E-state index contributed by atoms with van der Waals surface area (Å²) in [5, 5.41) is 7.06. The number of alkyl halides is 3. The van der Waals surface area contributed by atoms with Gasteiger partial charge in [-0.2, -0.15) is 18.3 Å². The second kappa shape index (κ2) is 12.2. The molecule has 2 aromatic carbocycles. The summed E-state index contributed by atoms with van der Waals surface area (Å²) in [5.74, 6) is -0.261. The lowest BCUT2D eigenvalue weighted by Crippen LogP contribution is -2.47. The van der Waals surface area contributed by atoms with Crippen LogP contribution >= 0.6 is 0 Å². The van der Waals surface area contributed by atoms with Gasteiger partial charge in [-0.1, -0.05) is 31.0 Å². The number of methoxy groups -OCH3 is 1. The molecular weight excluding hydrogens is 545 g/mol. The second-order valence-electron chi connectivity index (χ2n) is 11.3. The van der Waals surface area contributed by atoms with Crippen molar-refractivity contribution in [1.82, 2.24) is 15.1 Å². The summed E-state index contributed by atoms with van der Waals surface area (Å²) >= 11 is 0. The summed E-state index contributed by atoms with van der Waals surface area (Å²) in [7, 11) is 1.55. The SMILES string of the molecule is COc1ccc([C@H](C(=O)NC2CCCC2)N(C(=O)Cn2nc(C(F)(F)F)c3c2CCCC3)c2ccc(C)c(C)c2)cc1. The van der Waals surface area contributed by atoms with Crippen molar-refractivity contribution < 1.29 is 27.5 Å². The number of carbonyl (C=O) groups excluding carboxylic acids is 2. The number of fused-ring (bicyclic) bond motifs is 1. The van der Waals surface area contributed by atoms with Crippen molar-refractivity contribution in [2.24, 2.45) is 0 Å². The number of halogens is 3. The first-order valence-electron chi connectivity index (χ1n) is 14.6. The molecule has 1 fully saturated rings. The van der Waals surface area contributed by atoms with Crippen LogP contribution in [0, 0.1) is 13.8 Å². The highest BCUT2D eigenvalue weighted by Crippen LogP contribution is 2.37. The molecule has 1 aromatic heterocycles. The monoisotopic (exact) mass is 582 g/mol. The van der Waals surface area contributed by atoms with Gasteiger partial charge in [-0.3, -0.25) is 19.2 Å². The summed E-state index contributed by atoms with van der Waals surface area (Å²) in [5.41, 5.74) is 2.68. The number of amides is 2. The zero-order valence-corrected chi connectivity index (χ0v) is 24.3. The van der Waals surface area contributed by atoms with E-state index in [1.54, 1.807) is 37.4 Å². The molecule has 3 aromatic rings. The third kappa shape index (κ3) is 6.17. The van der Waals surface area contributed by atoms with Crippen molar-refractivity contribution in [3.8, 4) is 5.75 Å². The number of ether oxygens (including phenoxy) is 1. The molecule has 7 nitrogen and oxygen atoms in total. The van der Waals surface area contributed by atoms with Gasteiger partial charge in [-0.15, -0.1) is 0 Å². The maximum absolute atomic E-state index is 14.3. The molecule has 2 amide bonds. The van der Waals surface area contributed by atoms with Gasteiger partial charge in [0.15, 0.2) is 5.69 Å². The predicted molar refractivity (Wildman–Crippen MR) is 153 cm³/mol. The van der Waals surface area contributed by atoms with Gasteiger partial charge in [0, 0.05) is 23.0 Å². The number of aromatic nitrogens is 2. The third-order valence-corrected chi connectivity index (χ3v) is 8.49. The van der Waals surface area contributed by atoms with E-state index in [1.807, 2.05) is 26.0 Å². The van der Waals surface area contributed by atoms with E-state index in [4.69, 9.17) is 4.74 Å². The Balaban J connectivity index is 1.59. The van der Waals surface area contributed by atoms with E-state index in [1.165, 1.54) is 9.58 Å². The Morgan fingerprint density at radius 2 is 1.71 bits per heavy atom. The van der Waals surface area contributed by atoms with Crippen LogP contribution in [0.5, 0.6) is 5.75 Å². The number of hydrogen-bond donors (Lipinski definition) is 1. The van der Waals surface area contributed by atoms with Crippen LogP contribution in [0.25, 0.3) is 0 Å². The number of aryl methyl sites for hydroxylation is 2. The van der Waals surface area contributed by atoms with E-state index in [9.17, 15) is 22.8 Å². The van der Waals surface area contributed by atoms with Crippen molar-refractivity contribution in [3.63, 3.8) is 0 Å². The van der Waals surface area contributed by atoms with Crippen molar-refractivity contribution in [2.75, 3.05) is 12.0 Å². The molecule has 0 spiro atoms. The highest BCUT2D eigenvalue weighted by Gasteiger charge is 2.41. The number of rotatable bonds is 8. The van der Waals surface area contributed by atoms with Crippen LogP contribution in [0.1, 0.15) is 78.2 Å². The normalized spacial score (nSPS) is 16.1. The molecule has 1 N–H and O–H groups in total. The van der Waals surface area contributed by atoms with E-state index >= 15 is 0 Å². The number of carbonyl (C=O) groups is 2. The Hall–Kier alpha value is -3.82. The molecule has 1 saturated carbocycles. The van der Waals surface area contributed by atoms with Crippen LogP contribution in [0.15, 0.2) is 42.5 Å². The molecule has 0 aliphatic heterocycles. The first-order chi connectivity index (χ1) is 20.1. The van der Waals surface area contributed by atoms with E-state index in [2.05, 4.69) is 10.4 Å². The van der Waals surface area contributed by atoms with Gasteiger partial charge in [0.05, 0.1) is 7.11 Å². The smallest absolute Gasteiger partial charge is 0.435 e. The third-order valence-electron chi connectivity index (χ3n) is 8.49. The molecule has 42 heavy (non-hydrogen) atoms. The predicted octanol–water partition coefficient (Wildman–Crippen LogP) is 6.24. The van der Waals surface area contributed by atoms with Gasteiger partial charge in [0.25, 0.3) is 0 Å². The number of anilines is 1. The molecule has 2 aliphatic rings. The zero-order valence-electron chi connectivity index (χ0n) is 24.3. The summed E-state index contributed by atoms with van der Waals surface area (Å²) in [4.78, 5) is 29.8. The molecule has 5 rings (SSSR count). The van der Waals surface area contributed by atoms with E-state index in [0.29, 0.717) is 35.5 Å². The van der Waals surface area contributed by atoms with E-state index < -0.39 is 30.4 Å². The molecule has 2 aliphatic carbocycles. The fraction of sp³-hybridized carbons (Fsp3) is 0.469. The Labute approximate surface area is 244 Å². The largest absolute Gasteiger partial charge is 0.497 e. The average molecular weight is 583 g/mol. The Morgan fingerprint density at radius 3 is 2.36 bits per heavy atom. The fourth-order valence-corrected chi connectivity index (χ4v) is 6.10. The zero-order chi connectivity index (χ0) is 30.0. The van der Waals surface area contributed by atoms with Gasteiger partial charge in [0.1, 0.15) is 18.3 Å². The lowest BCUT2D eigenvalue weighted by atomic mass is 9.95. The van der Waals surface area contributed by atoms with Gasteiger partial charge < -0.3 is 10.1 Å². The van der Waals surface area contributed by atoms with Crippen LogP contribution in [-0.2, 0) is 35.2 Å². The van der Waals surface area contributed by atoms with Crippen LogP contribution in [0.3, 0.4) is 0 Å². The molecule has 0 radical (unpaired) electrons. The first kappa shape index (κ1) is 29.7. The standard InChI is InChI=1S/C32H37F3N4O3/c1-20-12-15-24(18-21(20)2)39(28(40)19-38-27-11-7-6-10-26(27)30(37-38)32(33,34)35)29(22-13-16-25(42-3)17-14-22)31(41)36-23-8-4-5-9-23/h12-18,23,29H,4-11,19H2,1-3H3,(H,36,41)/t29-/m1/s1. The number of nitrogens with zero attached hydrogens (tertiary/aromatic N) is 3. The number of hydrogen-bond acceptors (Lipinski definition) is 4. The van der Waals surface area contributed by atoms with Gasteiger partial charge in [-0.05, 0) is 93.3 Å². The Bertz CT molecular complexity index is 1440. The van der Waals surface area contributed by atoms with Crippen molar-refractivity contribution in [1.29, 1.82) is 0 Å². The highest BCUT2D eigenvalue weighted by molar-refractivity contribution is 6.01. The van der Waals surface area contributed by atoms with Crippen molar-refractivity contribution >= 4 is 17.5 Å². The molecular formula is C32H37F3N4O3. The fourth-order valence-electron chi connectivity index (χ4n) is 6.10. The highest BCUT2D eigenvalue weighted by atomic mass is 19.4. The van der Waals surface area contributed by atoms with Crippen molar-refractivity contribution in [2.45, 2.75) is 90.0 Å². The summed E-state index contributed by atoms with van der Waals surface area (Å²) in [6.07, 6.45) is 1.20. The minimum Gasteiger partial charge on any atom is -0.497 e. The molecule has 1 heterocycles. The van der Waals surface area contributed by atoms with Crippen LogP contribution in [0.2, 0.25) is 0 Å². The van der Waals surface area contributed by atoms with E-state index in [0.717, 1.165) is 43.2 Å². The summed E-state index contributed by atoms with van der Waals surface area (Å²) in [6.45, 7) is 3.45.